The van der Waals surface area contributed by atoms with Crippen molar-refractivity contribution in [3.05, 3.63) is 45.8 Å². The fourth-order valence-corrected chi connectivity index (χ4v) is 5.05. The standard InChI is InChI=1S/C23H27N3O4S/c1-3-30-19-7-5-4-6-16(19)15(2)12-21(28)25-23-18(13-24)17-8-10-26(14-20(17)31-23)22(29)9-11-27/h4-7,15,27H,3,8-12,14H2,1-2H3,(H,25,28). The maximum Gasteiger partial charge on any atom is 0.225 e. The molecule has 0 spiro atoms. The van der Waals surface area contributed by atoms with Crippen molar-refractivity contribution in [2.24, 2.45) is 0 Å². The number of rotatable bonds is 8. The van der Waals surface area contributed by atoms with E-state index in [0.29, 0.717) is 36.7 Å². The van der Waals surface area contributed by atoms with E-state index in [-0.39, 0.29) is 37.2 Å². The molecule has 0 aliphatic carbocycles. The van der Waals surface area contributed by atoms with Gasteiger partial charge in [-0.2, -0.15) is 5.26 Å². The number of hydrogen-bond acceptors (Lipinski definition) is 6. The highest BCUT2D eigenvalue weighted by Gasteiger charge is 2.27. The van der Waals surface area contributed by atoms with E-state index in [1.807, 2.05) is 38.1 Å². The van der Waals surface area contributed by atoms with Crippen LogP contribution in [0.5, 0.6) is 5.75 Å². The van der Waals surface area contributed by atoms with E-state index in [9.17, 15) is 14.9 Å². The number of ether oxygens (including phenoxy) is 1. The Hall–Kier alpha value is -2.89. The maximum atomic E-state index is 12.8. The molecule has 2 aromatic rings. The summed E-state index contributed by atoms with van der Waals surface area (Å²) in [5.74, 6) is 0.464. The average molecular weight is 442 g/mol. The van der Waals surface area contributed by atoms with Crippen LogP contribution in [-0.2, 0) is 22.6 Å². The number of aliphatic hydroxyl groups is 1. The van der Waals surface area contributed by atoms with Gasteiger partial charge in [-0.25, -0.2) is 0 Å². The Morgan fingerprint density at radius 1 is 1.39 bits per heavy atom. The van der Waals surface area contributed by atoms with E-state index < -0.39 is 0 Å². The Balaban J connectivity index is 1.71. The zero-order valence-electron chi connectivity index (χ0n) is 17.8. The number of aliphatic hydroxyl groups excluding tert-OH is 1. The van der Waals surface area contributed by atoms with Crippen LogP contribution >= 0.6 is 11.3 Å². The third-order valence-electron chi connectivity index (χ3n) is 5.34. The molecule has 0 radical (unpaired) electrons. The summed E-state index contributed by atoms with van der Waals surface area (Å²) in [6.07, 6.45) is 0.926. The second-order valence-corrected chi connectivity index (χ2v) is 8.59. The fraction of sp³-hybridized carbons (Fsp3) is 0.435. The number of nitriles is 1. The minimum Gasteiger partial charge on any atom is -0.494 e. The molecule has 1 aromatic carbocycles. The number of carbonyl (C=O) groups is 2. The topological polar surface area (TPSA) is 103 Å². The van der Waals surface area contributed by atoms with Gasteiger partial charge >= 0.3 is 0 Å². The molecule has 1 aliphatic heterocycles. The van der Waals surface area contributed by atoms with E-state index in [4.69, 9.17) is 9.84 Å². The molecule has 0 bridgehead atoms. The number of anilines is 1. The van der Waals surface area contributed by atoms with E-state index >= 15 is 0 Å². The van der Waals surface area contributed by atoms with Crippen LogP contribution in [0, 0.1) is 11.3 Å². The van der Waals surface area contributed by atoms with Gasteiger partial charge in [0.2, 0.25) is 11.8 Å². The monoisotopic (exact) mass is 441 g/mol. The predicted molar refractivity (Wildman–Crippen MR) is 119 cm³/mol. The lowest BCUT2D eigenvalue weighted by Crippen LogP contribution is -2.35. The molecule has 164 valence electrons. The molecule has 1 atom stereocenters. The zero-order valence-corrected chi connectivity index (χ0v) is 18.6. The van der Waals surface area contributed by atoms with Crippen molar-refractivity contribution >= 4 is 28.2 Å². The van der Waals surface area contributed by atoms with Crippen molar-refractivity contribution < 1.29 is 19.4 Å². The Kier molecular flexibility index (Phi) is 7.66. The van der Waals surface area contributed by atoms with Crippen molar-refractivity contribution in [1.29, 1.82) is 5.26 Å². The number of para-hydroxylation sites is 1. The number of fused-ring (bicyclic) bond motifs is 1. The number of thiophene rings is 1. The number of carbonyl (C=O) groups excluding carboxylic acids is 2. The van der Waals surface area contributed by atoms with Crippen LogP contribution in [0.15, 0.2) is 24.3 Å². The van der Waals surface area contributed by atoms with Gasteiger partial charge in [-0.15, -0.1) is 11.3 Å². The summed E-state index contributed by atoms with van der Waals surface area (Å²) >= 11 is 1.35. The normalized spacial score (nSPS) is 13.8. The first-order valence-electron chi connectivity index (χ1n) is 10.4. The smallest absolute Gasteiger partial charge is 0.225 e. The molecule has 2 heterocycles. The van der Waals surface area contributed by atoms with E-state index in [1.165, 1.54) is 11.3 Å². The molecule has 3 rings (SSSR count). The largest absolute Gasteiger partial charge is 0.494 e. The van der Waals surface area contributed by atoms with Crippen molar-refractivity contribution in [1.82, 2.24) is 4.90 Å². The molecule has 0 saturated carbocycles. The maximum absolute atomic E-state index is 12.8. The van der Waals surface area contributed by atoms with Gasteiger partial charge in [-0.1, -0.05) is 25.1 Å². The van der Waals surface area contributed by atoms with Crippen LogP contribution in [-0.4, -0.2) is 41.6 Å². The van der Waals surface area contributed by atoms with Crippen LogP contribution < -0.4 is 10.1 Å². The average Bonchev–Trinajstić information content (AvgIpc) is 3.10. The summed E-state index contributed by atoms with van der Waals surface area (Å²) in [4.78, 5) is 27.5. The van der Waals surface area contributed by atoms with Gasteiger partial charge in [-0.3, -0.25) is 9.59 Å². The molecule has 31 heavy (non-hydrogen) atoms. The molecule has 0 saturated heterocycles. The lowest BCUT2D eigenvalue weighted by Gasteiger charge is -2.26. The Morgan fingerprint density at radius 2 is 2.16 bits per heavy atom. The fourth-order valence-electron chi connectivity index (χ4n) is 3.82. The summed E-state index contributed by atoms with van der Waals surface area (Å²) in [5.41, 5.74) is 2.37. The van der Waals surface area contributed by atoms with Gasteiger partial charge in [0.1, 0.15) is 16.8 Å². The first-order chi connectivity index (χ1) is 15.0. The Labute approximate surface area is 186 Å². The number of nitrogens with zero attached hydrogens (tertiary/aromatic N) is 2. The summed E-state index contributed by atoms with van der Waals surface area (Å²) in [6.45, 7) is 5.20. The first kappa shape index (κ1) is 22.8. The number of amides is 2. The highest BCUT2D eigenvalue weighted by atomic mass is 32.1. The zero-order chi connectivity index (χ0) is 22.4. The minimum atomic E-state index is -0.179. The molecular formula is C23H27N3O4S. The molecule has 0 fully saturated rings. The third kappa shape index (κ3) is 5.24. The van der Waals surface area contributed by atoms with Crippen molar-refractivity contribution in [3.8, 4) is 11.8 Å². The van der Waals surface area contributed by atoms with Crippen LogP contribution in [0.1, 0.15) is 54.2 Å². The molecular weight excluding hydrogens is 414 g/mol. The van der Waals surface area contributed by atoms with Gasteiger partial charge in [-0.05, 0) is 36.5 Å². The number of hydrogen-bond donors (Lipinski definition) is 2. The van der Waals surface area contributed by atoms with Gasteiger partial charge < -0.3 is 20.1 Å². The summed E-state index contributed by atoms with van der Waals surface area (Å²) in [5, 5.41) is 22.1. The second kappa shape index (κ2) is 10.4. The highest BCUT2D eigenvalue weighted by molar-refractivity contribution is 7.16. The van der Waals surface area contributed by atoms with Crippen molar-refractivity contribution in [2.75, 3.05) is 25.1 Å². The molecule has 8 heteroatoms. The van der Waals surface area contributed by atoms with Gasteiger partial charge in [0.05, 0.1) is 25.3 Å². The van der Waals surface area contributed by atoms with Gasteiger partial charge in [0.15, 0.2) is 0 Å². The quantitative estimate of drug-likeness (QED) is 0.653. The minimum absolute atomic E-state index is 0.0468. The van der Waals surface area contributed by atoms with Gasteiger partial charge in [0, 0.05) is 24.3 Å². The van der Waals surface area contributed by atoms with Crippen molar-refractivity contribution in [2.45, 2.75) is 45.6 Å². The summed E-state index contributed by atoms with van der Waals surface area (Å²) < 4.78 is 5.68. The van der Waals surface area contributed by atoms with E-state index in [1.54, 1.807) is 4.90 Å². The molecule has 1 aliphatic rings. The number of benzene rings is 1. The highest BCUT2D eigenvalue weighted by Crippen LogP contribution is 2.37. The summed E-state index contributed by atoms with van der Waals surface area (Å²) in [7, 11) is 0. The molecule has 2 N–H and O–H groups in total. The third-order valence-corrected chi connectivity index (χ3v) is 6.47. The lowest BCUT2D eigenvalue weighted by atomic mass is 9.96. The van der Waals surface area contributed by atoms with Crippen molar-refractivity contribution in [3.63, 3.8) is 0 Å². The van der Waals surface area contributed by atoms with E-state index in [0.717, 1.165) is 21.8 Å². The van der Waals surface area contributed by atoms with Crippen LogP contribution in [0.3, 0.4) is 0 Å². The molecule has 7 nitrogen and oxygen atoms in total. The Morgan fingerprint density at radius 3 is 2.87 bits per heavy atom. The van der Waals surface area contributed by atoms with Gasteiger partial charge in [0.25, 0.3) is 0 Å². The predicted octanol–water partition coefficient (Wildman–Crippen LogP) is 3.42. The SMILES string of the molecule is CCOc1ccccc1C(C)CC(=O)Nc1sc2c(c1C#N)CCN(C(=O)CCO)C2. The lowest BCUT2D eigenvalue weighted by molar-refractivity contribution is -0.132. The molecule has 1 unspecified atom stereocenters. The van der Waals surface area contributed by atoms with Crippen LogP contribution in [0.2, 0.25) is 0 Å². The first-order valence-corrected chi connectivity index (χ1v) is 11.2. The van der Waals surface area contributed by atoms with Crippen LogP contribution in [0.25, 0.3) is 0 Å². The number of nitrogens with one attached hydrogen (secondary N) is 1. The molecule has 2 amide bonds. The Bertz CT molecular complexity index is 995. The molecule has 1 aromatic heterocycles. The van der Waals surface area contributed by atoms with E-state index in [2.05, 4.69) is 11.4 Å². The summed E-state index contributed by atoms with van der Waals surface area (Å²) in [6, 6.07) is 9.92. The van der Waals surface area contributed by atoms with Crippen LogP contribution in [0.4, 0.5) is 5.00 Å². The second-order valence-electron chi connectivity index (χ2n) is 7.48.